The Morgan fingerprint density at radius 1 is 0.800 bits per heavy atom. The molecule has 0 aliphatic carbocycles. The van der Waals surface area contributed by atoms with Crippen molar-refractivity contribution in [3.05, 3.63) is 119 Å². The standard InChI is InChI=1S/C43H52N4O5S.C2HF3O2/c1-52-40-15-11-34(12-16-40)28-42(48)47(30-35-13-17-41(18-14-35)53(44,50)51)31-36-7-3-8-37(27-36)38-9-4-10-39(29-38)43(49)46-25-21-33(22-26-46)6-2-5-32-19-23-45-24-20-32;3-2(4,5)1(6)7/h3-4,7-18,27,29,32-33,45H,2,5-6,19-26,28,30-31H2,1H3,(H2,44,50,51);(H,6,7). The summed E-state index contributed by atoms with van der Waals surface area (Å²) < 4.78 is 60.7. The molecule has 4 aromatic rings. The molecule has 60 heavy (non-hydrogen) atoms. The second kappa shape index (κ2) is 21.3. The van der Waals surface area contributed by atoms with Crippen molar-refractivity contribution in [2.24, 2.45) is 17.0 Å². The third-order valence-electron chi connectivity index (χ3n) is 11.1. The number of carbonyl (C=O) groups is 3. The first-order valence-corrected chi connectivity index (χ1v) is 21.7. The van der Waals surface area contributed by atoms with Crippen LogP contribution in [0.1, 0.15) is 72.0 Å². The van der Waals surface area contributed by atoms with Crippen molar-refractivity contribution >= 4 is 27.8 Å². The number of rotatable bonds is 14. The highest BCUT2D eigenvalue weighted by Gasteiger charge is 2.38. The molecule has 0 radical (unpaired) electrons. The Hall–Kier alpha value is -5.25. The minimum atomic E-state index is -5.08. The van der Waals surface area contributed by atoms with E-state index >= 15 is 0 Å². The number of carboxylic acids is 1. The maximum absolute atomic E-state index is 13.8. The van der Waals surface area contributed by atoms with E-state index in [-0.39, 0.29) is 29.7 Å². The Labute approximate surface area is 349 Å². The Kier molecular flexibility index (Phi) is 16.3. The number of aliphatic carboxylic acids is 1. The maximum atomic E-state index is 13.8. The summed E-state index contributed by atoms with van der Waals surface area (Å²) in [4.78, 5) is 40.2. The fourth-order valence-corrected chi connectivity index (χ4v) is 8.16. The number of nitrogens with two attached hydrogens (primary N) is 1. The number of nitrogens with zero attached hydrogens (tertiary/aromatic N) is 2. The summed E-state index contributed by atoms with van der Waals surface area (Å²) in [6.45, 7) is 4.55. The number of hydrogen-bond donors (Lipinski definition) is 3. The quantitative estimate of drug-likeness (QED) is 0.118. The van der Waals surface area contributed by atoms with Gasteiger partial charge in [0.15, 0.2) is 0 Å². The zero-order valence-corrected chi connectivity index (χ0v) is 34.5. The predicted octanol–water partition coefficient (Wildman–Crippen LogP) is 7.44. The molecule has 0 spiro atoms. The van der Waals surface area contributed by atoms with Crippen molar-refractivity contribution in [2.45, 2.75) is 75.5 Å². The lowest BCUT2D eigenvalue weighted by molar-refractivity contribution is -0.192. The first-order valence-electron chi connectivity index (χ1n) is 20.1. The van der Waals surface area contributed by atoms with Gasteiger partial charge in [-0.15, -0.1) is 0 Å². The van der Waals surface area contributed by atoms with Crippen LogP contribution in [-0.2, 0) is 39.1 Å². The molecule has 6 rings (SSSR count). The normalized spacial score (nSPS) is 15.1. The second-order valence-corrected chi connectivity index (χ2v) is 17.0. The Bertz CT molecular complexity index is 2150. The summed E-state index contributed by atoms with van der Waals surface area (Å²) in [5.41, 5.74) is 5.17. The van der Waals surface area contributed by atoms with Crippen LogP contribution < -0.4 is 15.2 Å². The van der Waals surface area contributed by atoms with Crippen LogP contribution in [0.5, 0.6) is 5.75 Å². The highest BCUT2D eigenvalue weighted by atomic mass is 32.2. The number of ether oxygens (including phenoxy) is 1. The van der Waals surface area contributed by atoms with Gasteiger partial charge in [0, 0.05) is 31.7 Å². The number of hydrogen-bond acceptors (Lipinski definition) is 7. The lowest BCUT2D eigenvalue weighted by atomic mass is 9.87. The van der Waals surface area contributed by atoms with Crippen molar-refractivity contribution in [3.63, 3.8) is 0 Å². The molecule has 0 unspecified atom stereocenters. The summed E-state index contributed by atoms with van der Waals surface area (Å²) in [6, 6.07) is 29.6. The highest BCUT2D eigenvalue weighted by Crippen LogP contribution is 2.28. The van der Waals surface area contributed by atoms with Crippen LogP contribution in [0.3, 0.4) is 0 Å². The van der Waals surface area contributed by atoms with Crippen LogP contribution in [0.2, 0.25) is 0 Å². The number of carboxylic acid groups (broad SMARTS) is 1. The number of likely N-dealkylation sites (tertiary alicyclic amines) is 1. The lowest BCUT2D eigenvalue weighted by Crippen LogP contribution is -2.38. The van der Waals surface area contributed by atoms with Crippen LogP contribution in [0.15, 0.2) is 102 Å². The van der Waals surface area contributed by atoms with E-state index in [9.17, 15) is 31.2 Å². The molecular formula is C45H53F3N4O7S. The Balaban J connectivity index is 0.000000896. The van der Waals surface area contributed by atoms with E-state index in [1.54, 1.807) is 24.1 Å². The molecule has 4 aromatic carbocycles. The summed E-state index contributed by atoms with van der Waals surface area (Å²) in [5, 5.41) is 15.9. The lowest BCUT2D eigenvalue weighted by Gasteiger charge is -2.32. The molecule has 11 nitrogen and oxygen atoms in total. The first kappa shape index (κ1) is 45.8. The van der Waals surface area contributed by atoms with Gasteiger partial charge in [-0.2, -0.15) is 13.2 Å². The zero-order valence-electron chi connectivity index (χ0n) is 33.7. The van der Waals surface area contributed by atoms with Crippen LogP contribution in [0.25, 0.3) is 11.1 Å². The van der Waals surface area contributed by atoms with Crippen LogP contribution in [-0.4, -0.2) is 80.6 Å². The number of primary sulfonamides is 1. The third-order valence-corrected chi connectivity index (χ3v) is 12.0. The molecular weight excluding hydrogens is 798 g/mol. The van der Waals surface area contributed by atoms with Gasteiger partial charge in [0.2, 0.25) is 15.9 Å². The van der Waals surface area contributed by atoms with Crippen molar-refractivity contribution in [2.75, 3.05) is 33.3 Å². The minimum absolute atomic E-state index is 0.0218. The number of benzene rings is 4. The van der Waals surface area contributed by atoms with E-state index in [0.29, 0.717) is 23.8 Å². The molecule has 4 N–H and O–H groups in total. The largest absolute Gasteiger partial charge is 0.497 e. The number of halogens is 3. The molecule has 322 valence electrons. The Morgan fingerprint density at radius 2 is 1.35 bits per heavy atom. The van der Waals surface area contributed by atoms with E-state index in [2.05, 4.69) is 11.4 Å². The van der Waals surface area contributed by atoms with E-state index < -0.39 is 22.2 Å². The fourth-order valence-electron chi connectivity index (χ4n) is 7.64. The number of methoxy groups -OCH3 is 1. The number of carbonyl (C=O) groups excluding carboxylic acids is 2. The molecule has 2 saturated heterocycles. The predicted molar refractivity (Wildman–Crippen MR) is 222 cm³/mol. The molecule has 2 aliphatic heterocycles. The number of alkyl halides is 3. The number of nitrogens with one attached hydrogen (secondary N) is 1. The average molecular weight is 851 g/mol. The Morgan fingerprint density at radius 3 is 1.93 bits per heavy atom. The van der Waals surface area contributed by atoms with Crippen molar-refractivity contribution < 1.29 is 45.8 Å². The van der Waals surface area contributed by atoms with E-state index in [4.69, 9.17) is 19.8 Å². The van der Waals surface area contributed by atoms with E-state index in [0.717, 1.165) is 72.8 Å². The highest BCUT2D eigenvalue weighted by molar-refractivity contribution is 7.89. The van der Waals surface area contributed by atoms with Gasteiger partial charge >= 0.3 is 12.1 Å². The second-order valence-electron chi connectivity index (χ2n) is 15.4. The van der Waals surface area contributed by atoms with Gasteiger partial charge in [0.1, 0.15) is 5.75 Å². The van der Waals surface area contributed by atoms with Gasteiger partial charge in [-0.1, -0.05) is 73.9 Å². The topological polar surface area (TPSA) is 159 Å². The maximum Gasteiger partial charge on any atom is 0.490 e. The summed E-state index contributed by atoms with van der Waals surface area (Å²) in [5.74, 6) is -0.448. The fraction of sp³-hybridized carbons (Fsp3) is 0.400. The molecule has 0 aromatic heterocycles. The van der Waals surface area contributed by atoms with Gasteiger partial charge in [-0.3, -0.25) is 9.59 Å². The van der Waals surface area contributed by atoms with Gasteiger partial charge in [-0.05, 0) is 121 Å². The molecule has 15 heteroatoms. The number of piperidine rings is 2. The number of amides is 2. The van der Waals surface area contributed by atoms with Crippen molar-refractivity contribution in [1.82, 2.24) is 15.1 Å². The van der Waals surface area contributed by atoms with E-state index in [1.165, 1.54) is 44.2 Å². The smallest absolute Gasteiger partial charge is 0.490 e. The first-order chi connectivity index (χ1) is 28.6. The van der Waals surface area contributed by atoms with Gasteiger partial charge < -0.3 is 25.0 Å². The van der Waals surface area contributed by atoms with E-state index in [1.807, 2.05) is 71.6 Å². The molecule has 0 saturated carbocycles. The third kappa shape index (κ3) is 13.9. The molecule has 0 bridgehead atoms. The summed E-state index contributed by atoms with van der Waals surface area (Å²) in [7, 11) is -2.23. The monoisotopic (exact) mass is 850 g/mol. The minimum Gasteiger partial charge on any atom is -0.497 e. The molecule has 2 amide bonds. The van der Waals surface area contributed by atoms with Crippen LogP contribution in [0, 0.1) is 11.8 Å². The van der Waals surface area contributed by atoms with Crippen LogP contribution in [0.4, 0.5) is 13.2 Å². The SMILES string of the molecule is COc1ccc(CC(=O)N(Cc2ccc(S(N)(=O)=O)cc2)Cc2cccc(-c3cccc(C(=O)N4CCC(CCCC5CCNCC5)CC4)c3)c2)cc1.O=C(O)C(F)(F)F. The molecule has 2 fully saturated rings. The van der Waals surface area contributed by atoms with Gasteiger partial charge in [-0.25, -0.2) is 18.4 Å². The van der Waals surface area contributed by atoms with Crippen LogP contribution >= 0.6 is 0 Å². The molecule has 0 atom stereocenters. The van der Waals surface area contributed by atoms with Crippen molar-refractivity contribution in [1.29, 1.82) is 0 Å². The number of sulfonamides is 1. The van der Waals surface area contributed by atoms with Gasteiger partial charge in [0.25, 0.3) is 5.91 Å². The molecule has 2 aliphatic rings. The average Bonchev–Trinajstić information content (AvgIpc) is 3.24. The van der Waals surface area contributed by atoms with Gasteiger partial charge in [0.05, 0.1) is 18.4 Å². The van der Waals surface area contributed by atoms with Crippen molar-refractivity contribution in [3.8, 4) is 16.9 Å². The molecule has 2 heterocycles. The summed E-state index contributed by atoms with van der Waals surface area (Å²) >= 11 is 0. The summed E-state index contributed by atoms with van der Waals surface area (Å²) in [6.07, 6.45) is 3.78. The zero-order chi connectivity index (χ0) is 43.3.